The largest absolute Gasteiger partial charge is 0.303 e. The van der Waals surface area contributed by atoms with Crippen molar-refractivity contribution in [1.29, 1.82) is 0 Å². The van der Waals surface area contributed by atoms with Gasteiger partial charge in [-0.2, -0.15) is 5.10 Å². The molecule has 2 aromatic rings. The maximum Gasteiger partial charge on any atom is 0.154 e. The van der Waals surface area contributed by atoms with Gasteiger partial charge in [-0.25, -0.2) is 9.67 Å². The monoisotopic (exact) mass is 310 g/mol. The number of benzene rings is 1. The minimum atomic E-state index is 0.607. The van der Waals surface area contributed by atoms with Crippen LogP contribution in [0, 0.1) is 0 Å². The molecule has 1 saturated carbocycles. The number of hydrogen-bond acceptors (Lipinski definition) is 3. The van der Waals surface area contributed by atoms with Gasteiger partial charge in [0.05, 0.1) is 5.69 Å². The highest BCUT2D eigenvalue weighted by molar-refractivity contribution is 5.31. The molecule has 1 aromatic carbocycles. The first kappa shape index (κ1) is 14.9. The van der Waals surface area contributed by atoms with Gasteiger partial charge in [-0.15, -0.1) is 0 Å². The standard InChI is InChI=1S/C19H26N4/c1-22-14-6-5-7-16(22)12-13-18-20-19(15-10-11-15)21-23(18)17-8-3-2-4-9-17/h2-4,8-9,15-16H,5-7,10-14H2,1H3. The molecule has 2 fully saturated rings. The van der Waals surface area contributed by atoms with E-state index >= 15 is 0 Å². The Hall–Kier alpha value is -1.68. The normalized spacial score (nSPS) is 22.4. The fourth-order valence-electron chi connectivity index (χ4n) is 3.62. The van der Waals surface area contributed by atoms with Crippen LogP contribution in [0.1, 0.15) is 56.1 Å². The van der Waals surface area contributed by atoms with Crippen molar-refractivity contribution in [3.63, 3.8) is 0 Å². The second-order valence-electron chi connectivity index (χ2n) is 7.08. The van der Waals surface area contributed by atoms with Crippen molar-refractivity contribution >= 4 is 0 Å². The van der Waals surface area contributed by atoms with Gasteiger partial charge in [-0.1, -0.05) is 24.6 Å². The zero-order valence-corrected chi connectivity index (χ0v) is 14.0. The lowest BCUT2D eigenvalue weighted by Gasteiger charge is -2.32. The molecule has 2 heterocycles. The molecule has 0 radical (unpaired) electrons. The molecule has 0 spiro atoms. The third kappa shape index (κ3) is 3.32. The minimum Gasteiger partial charge on any atom is -0.303 e. The summed E-state index contributed by atoms with van der Waals surface area (Å²) >= 11 is 0. The smallest absolute Gasteiger partial charge is 0.154 e. The van der Waals surface area contributed by atoms with Gasteiger partial charge in [0, 0.05) is 18.4 Å². The number of para-hydroxylation sites is 1. The predicted molar refractivity (Wildman–Crippen MR) is 91.9 cm³/mol. The number of aryl methyl sites for hydroxylation is 1. The number of nitrogens with zero attached hydrogens (tertiary/aromatic N) is 4. The van der Waals surface area contributed by atoms with Crippen molar-refractivity contribution in [3.05, 3.63) is 42.0 Å². The Labute approximate surface area is 138 Å². The van der Waals surface area contributed by atoms with Crippen LogP contribution in [0.3, 0.4) is 0 Å². The van der Waals surface area contributed by atoms with E-state index in [0.29, 0.717) is 12.0 Å². The predicted octanol–water partition coefficient (Wildman–Crippen LogP) is 3.56. The average molecular weight is 310 g/mol. The van der Waals surface area contributed by atoms with Crippen molar-refractivity contribution in [2.24, 2.45) is 0 Å². The summed E-state index contributed by atoms with van der Waals surface area (Å²) in [6.07, 6.45) is 8.75. The SMILES string of the molecule is CN1CCCCC1CCc1nc(C2CC2)nn1-c1ccccc1. The molecule has 0 amide bonds. The first-order valence-corrected chi connectivity index (χ1v) is 9.03. The molecule has 2 aliphatic rings. The fraction of sp³-hybridized carbons (Fsp3) is 0.579. The molecule has 1 atom stereocenters. The maximum atomic E-state index is 4.89. The lowest BCUT2D eigenvalue weighted by atomic mass is 9.98. The fourth-order valence-corrected chi connectivity index (χ4v) is 3.62. The Morgan fingerprint density at radius 3 is 2.65 bits per heavy atom. The summed E-state index contributed by atoms with van der Waals surface area (Å²) in [4.78, 5) is 7.41. The van der Waals surface area contributed by atoms with E-state index in [4.69, 9.17) is 10.1 Å². The number of rotatable bonds is 5. The summed E-state index contributed by atoms with van der Waals surface area (Å²) in [5, 5.41) is 4.82. The van der Waals surface area contributed by atoms with Gasteiger partial charge in [-0.3, -0.25) is 0 Å². The third-order valence-electron chi connectivity index (χ3n) is 5.26. The second-order valence-corrected chi connectivity index (χ2v) is 7.08. The number of hydrogen-bond donors (Lipinski definition) is 0. The van der Waals surface area contributed by atoms with Gasteiger partial charge in [0.2, 0.25) is 0 Å². The lowest BCUT2D eigenvalue weighted by Crippen LogP contribution is -2.36. The van der Waals surface area contributed by atoms with E-state index in [-0.39, 0.29) is 0 Å². The molecule has 4 heteroatoms. The number of piperidine rings is 1. The molecule has 23 heavy (non-hydrogen) atoms. The van der Waals surface area contributed by atoms with Gasteiger partial charge < -0.3 is 4.90 Å². The van der Waals surface area contributed by atoms with Crippen LogP contribution in [0.25, 0.3) is 5.69 Å². The Kier molecular flexibility index (Phi) is 4.17. The Balaban J connectivity index is 1.54. The molecule has 4 rings (SSSR count). The van der Waals surface area contributed by atoms with Crippen molar-refractivity contribution in [2.75, 3.05) is 13.6 Å². The molecule has 1 saturated heterocycles. The van der Waals surface area contributed by atoms with Crippen LogP contribution in [-0.4, -0.2) is 39.3 Å². The lowest BCUT2D eigenvalue weighted by molar-refractivity contribution is 0.175. The summed E-state index contributed by atoms with van der Waals surface area (Å²) in [5.41, 5.74) is 1.14. The van der Waals surface area contributed by atoms with E-state index in [9.17, 15) is 0 Å². The van der Waals surface area contributed by atoms with Crippen LogP contribution in [0.15, 0.2) is 30.3 Å². The number of likely N-dealkylation sites (tertiary alicyclic amines) is 1. The highest BCUT2D eigenvalue weighted by Gasteiger charge is 2.29. The zero-order valence-electron chi connectivity index (χ0n) is 14.0. The molecule has 1 aliphatic heterocycles. The number of aromatic nitrogens is 3. The molecule has 1 aromatic heterocycles. The van der Waals surface area contributed by atoms with E-state index in [2.05, 4.69) is 47.0 Å². The van der Waals surface area contributed by atoms with Gasteiger partial charge in [0.15, 0.2) is 5.82 Å². The Morgan fingerprint density at radius 1 is 1.09 bits per heavy atom. The van der Waals surface area contributed by atoms with Crippen LogP contribution < -0.4 is 0 Å². The summed E-state index contributed by atoms with van der Waals surface area (Å²) < 4.78 is 2.08. The first-order valence-electron chi connectivity index (χ1n) is 9.03. The molecule has 1 aliphatic carbocycles. The van der Waals surface area contributed by atoms with Crippen LogP contribution in [0.5, 0.6) is 0 Å². The van der Waals surface area contributed by atoms with Crippen LogP contribution >= 0.6 is 0 Å². The minimum absolute atomic E-state index is 0.607. The van der Waals surface area contributed by atoms with Crippen molar-refractivity contribution < 1.29 is 0 Å². The van der Waals surface area contributed by atoms with Gasteiger partial charge in [0.1, 0.15) is 5.82 Å². The molecule has 4 nitrogen and oxygen atoms in total. The van der Waals surface area contributed by atoms with Crippen LogP contribution in [-0.2, 0) is 6.42 Å². The van der Waals surface area contributed by atoms with E-state index in [1.807, 2.05) is 0 Å². The molecule has 0 bridgehead atoms. The van der Waals surface area contributed by atoms with Crippen LogP contribution in [0.2, 0.25) is 0 Å². The van der Waals surface area contributed by atoms with E-state index in [1.165, 1.54) is 45.1 Å². The molecule has 0 N–H and O–H groups in total. The Morgan fingerprint density at radius 2 is 1.91 bits per heavy atom. The average Bonchev–Trinajstić information content (AvgIpc) is 3.35. The molecule has 1 unspecified atom stereocenters. The van der Waals surface area contributed by atoms with Crippen molar-refractivity contribution in [3.8, 4) is 5.69 Å². The second kappa shape index (κ2) is 6.44. The third-order valence-corrected chi connectivity index (χ3v) is 5.26. The quantitative estimate of drug-likeness (QED) is 0.847. The highest BCUT2D eigenvalue weighted by atomic mass is 15.4. The zero-order chi connectivity index (χ0) is 15.6. The van der Waals surface area contributed by atoms with Gasteiger partial charge >= 0.3 is 0 Å². The van der Waals surface area contributed by atoms with Crippen LogP contribution in [0.4, 0.5) is 0 Å². The molecular weight excluding hydrogens is 284 g/mol. The topological polar surface area (TPSA) is 34.0 Å². The maximum absolute atomic E-state index is 4.89. The van der Waals surface area contributed by atoms with Crippen molar-refractivity contribution in [2.45, 2.75) is 56.9 Å². The molecule has 122 valence electrons. The van der Waals surface area contributed by atoms with Gasteiger partial charge in [-0.05, 0) is 57.8 Å². The summed E-state index contributed by atoms with van der Waals surface area (Å²) in [6.45, 7) is 1.24. The molecular formula is C19H26N4. The summed E-state index contributed by atoms with van der Waals surface area (Å²) in [6, 6.07) is 11.2. The van der Waals surface area contributed by atoms with E-state index < -0.39 is 0 Å². The highest BCUT2D eigenvalue weighted by Crippen LogP contribution is 2.38. The summed E-state index contributed by atoms with van der Waals surface area (Å²) in [7, 11) is 2.27. The summed E-state index contributed by atoms with van der Waals surface area (Å²) in [5.74, 6) is 2.80. The Bertz CT molecular complexity index is 645. The van der Waals surface area contributed by atoms with E-state index in [0.717, 1.165) is 23.8 Å². The van der Waals surface area contributed by atoms with Crippen molar-refractivity contribution in [1.82, 2.24) is 19.7 Å². The van der Waals surface area contributed by atoms with E-state index in [1.54, 1.807) is 0 Å². The van der Waals surface area contributed by atoms with Gasteiger partial charge in [0.25, 0.3) is 0 Å². The first-order chi connectivity index (χ1) is 11.3.